The van der Waals surface area contributed by atoms with Crippen molar-refractivity contribution < 1.29 is 0 Å². The van der Waals surface area contributed by atoms with Crippen LogP contribution in [0.1, 0.15) is 40.0 Å². The molecular formula is C10H23N3. The van der Waals surface area contributed by atoms with E-state index in [4.69, 9.17) is 5.73 Å². The van der Waals surface area contributed by atoms with E-state index in [2.05, 4.69) is 24.2 Å². The zero-order valence-electron chi connectivity index (χ0n) is 9.14. The molecule has 0 unspecified atom stereocenters. The van der Waals surface area contributed by atoms with Crippen LogP contribution in [0.15, 0.2) is 4.99 Å². The molecule has 13 heavy (non-hydrogen) atoms. The molecule has 0 aromatic rings. The molecule has 0 amide bonds. The van der Waals surface area contributed by atoms with Crippen LogP contribution in [0, 0.1) is 5.92 Å². The Kier molecular flexibility index (Phi) is 7.45. The second-order valence-electron chi connectivity index (χ2n) is 3.69. The summed E-state index contributed by atoms with van der Waals surface area (Å²) in [6.07, 6.45) is 3.68. The summed E-state index contributed by atoms with van der Waals surface area (Å²) >= 11 is 0. The minimum Gasteiger partial charge on any atom is -0.370 e. The molecule has 78 valence electrons. The monoisotopic (exact) mass is 185 g/mol. The van der Waals surface area contributed by atoms with E-state index in [1.54, 1.807) is 0 Å². The Morgan fingerprint density at radius 1 is 1.38 bits per heavy atom. The first-order valence-corrected chi connectivity index (χ1v) is 5.20. The number of guanidine groups is 1. The molecule has 0 atom stereocenters. The molecule has 0 bridgehead atoms. The van der Waals surface area contributed by atoms with Gasteiger partial charge in [-0.15, -0.1) is 0 Å². The molecule has 3 nitrogen and oxygen atoms in total. The number of nitrogens with two attached hydrogens (primary N) is 1. The summed E-state index contributed by atoms with van der Waals surface area (Å²) in [5.41, 5.74) is 5.57. The maximum absolute atomic E-state index is 5.57. The fourth-order valence-corrected chi connectivity index (χ4v) is 1.10. The highest BCUT2D eigenvalue weighted by Crippen LogP contribution is 2.05. The molecular weight excluding hydrogens is 162 g/mol. The minimum atomic E-state index is 0.576. The lowest BCUT2D eigenvalue weighted by atomic mass is 10.1. The lowest BCUT2D eigenvalue weighted by molar-refractivity contribution is 0.541. The molecule has 0 spiro atoms. The fourth-order valence-electron chi connectivity index (χ4n) is 1.10. The van der Waals surface area contributed by atoms with Gasteiger partial charge in [0, 0.05) is 13.1 Å². The van der Waals surface area contributed by atoms with Gasteiger partial charge >= 0.3 is 0 Å². The average molecular weight is 185 g/mol. The summed E-state index contributed by atoms with van der Waals surface area (Å²) in [5.74, 6) is 1.38. The Bertz CT molecular complexity index is 141. The number of nitrogens with one attached hydrogen (secondary N) is 1. The molecule has 0 heterocycles. The lowest BCUT2D eigenvalue weighted by Gasteiger charge is -2.03. The number of aliphatic imine (C=N–C) groups is 1. The number of hydrogen-bond acceptors (Lipinski definition) is 1. The van der Waals surface area contributed by atoms with E-state index in [0.717, 1.165) is 25.4 Å². The van der Waals surface area contributed by atoms with Gasteiger partial charge in [-0.3, -0.25) is 4.99 Å². The van der Waals surface area contributed by atoms with Crippen LogP contribution in [0.3, 0.4) is 0 Å². The van der Waals surface area contributed by atoms with Gasteiger partial charge in [0.25, 0.3) is 0 Å². The van der Waals surface area contributed by atoms with E-state index >= 15 is 0 Å². The second kappa shape index (κ2) is 7.90. The first kappa shape index (κ1) is 12.3. The Labute approximate surface area is 81.8 Å². The van der Waals surface area contributed by atoms with Crippen molar-refractivity contribution in [3.05, 3.63) is 0 Å². The third kappa shape index (κ3) is 9.18. The average Bonchev–Trinajstić information content (AvgIpc) is 2.03. The summed E-state index contributed by atoms with van der Waals surface area (Å²) in [6, 6.07) is 0. The largest absolute Gasteiger partial charge is 0.370 e. The van der Waals surface area contributed by atoms with Gasteiger partial charge in [0.05, 0.1) is 0 Å². The number of unbranched alkanes of at least 4 members (excludes halogenated alkanes) is 1. The third-order valence-electron chi connectivity index (χ3n) is 1.83. The molecule has 0 aromatic carbocycles. The van der Waals surface area contributed by atoms with Gasteiger partial charge in [-0.1, -0.05) is 26.7 Å². The summed E-state index contributed by atoms with van der Waals surface area (Å²) < 4.78 is 0. The zero-order chi connectivity index (χ0) is 10.1. The Morgan fingerprint density at radius 3 is 2.62 bits per heavy atom. The SMILES string of the molecule is CCNC(N)=NCCCCC(C)C. The standard InChI is InChI=1S/C10H23N3/c1-4-12-10(11)13-8-6-5-7-9(2)3/h9H,4-8H2,1-3H3,(H3,11,12,13). The lowest BCUT2D eigenvalue weighted by Crippen LogP contribution is -2.31. The summed E-state index contributed by atoms with van der Waals surface area (Å²) in [7, 11) is 0. The molecule has 0 saturated heterocycles. The first-order valence-electron chi connectivity index (χ1n) is 5.20. The van der Waals surface area contributed by atoms with Gasteiger partial charge in [-0.25, -0.2) is 0 Å². The molecule has 3 N–H and O–H groups in total. The van der Waals surface area contributed by atoms with Crippen molar-refractivity contribution in [2.75, 3.05) is 13.1 Å². The van der Waals surface area contributed by atoms with E-state index in [0.29, 0.717) is 5.96 Å². The minimum absolute atomic E-state index is 0.576. The molecule has 0 aliphatic heterocycles. The maximum atomic E-state index is 5.57. The normalized spacial score (nSPS) is 12.2. The second-order valence-corrected chi connectivity index (χ2v) is 3.69. The first-order chi connectivity index (χ1) is 6.16. The Morgan fingerprint density at radius 2 is 2.08 bits per heavy atom. The highest BCUT2D eigenvalue weighted by molar-refractivity contribution is 5.77. The van der Waals surface area contributed by atoms with Gasteiger partial charge in [0.15, 0.2) is 5.96 Å². The Balaban J connectivity index is 3.28. The predicted molar refractivity (Wildman–Crippen MR) is 58.9 cm³/mol. The van der Waals surface area contributed by atoms with Crippen LogP contribution >= 0.6 is 0 Å². The van der Waals surface area contributed by atoms with Crippen LogP contribution < -0.4 is 11.1 Å². The van der Waals surface area contributed by atoms with Gasteiger partial charge in [0.1, 0.15) is 0 Å². The van der Waals surface area contributed by atoms with E-state index in [1.807, 2.05) is 6.92 Å². The van der Waals surface area contributed by atoms with Crippen molar-refractivity contribution in [1.29, 1.82) is 0 Å². The van der Waals surface area contributed by atoms with Gasteiger partial charge in [-0.05, 0) is 19.3 Å². The third-order valence-corrected chi connectivity index (χ3v) is 1.83. The van der Waals surface area contributed by atoms with E-state index in [1.165, 1.54) is 12.8 Å². The van der Waals surface area contributed by atoms with Crippen LogP contribution in [0.25, 0.3) is 0 Å². The van der Waals surface area contributed by atoms with E-state index in [-0.39, 0.29) is 0 Å². The van der Waals surface area contributed by atoms with Crippen molar-refractivity contribution in [2.45, 2.75) is 40.0 Å². The molecule has 3 heteroatoms. The van der Waals surface area contributed by atoms with E-state index in [9.17, 15) is 0 Å². The number of hydrogen-bond donors (Lipinski definition) is 2. The molecule has 0 radical (unpaired) electrons. The van der Waals surface area contributed by atoms with Crippen LogP contribution in [0.4, 0.5) is 0 Å². The predicted octanol–water partition coefficient (Wildman–Crippen LogP) is 1.74. The van der Waals surface area contributed by atoms with Gasteiger partial charge in [0.2, 0.25) is 0 Å². The topological polar surface area (TPSA) is 50.4 Å². The molecule has 0 fully saturated rings. The molecule has 0 aliphatic carbocycles. The molecule has 0 saturated carbocycles. The van der Waals surface area contributed by atoms with Crippen LogP contribution in [-0.4, -0.2) is 19.0 Å². The summed E-state index contributed by atoms with van der Waals surface area (Å²) in [4.78, 5) is 4.19. The quantitative estimate of drug-likeness (QED) is 0.376. The number of nitrogens with zero attached hydrogens (tertiary/aromatic N) is 1. The Hall–Kier alpha value is -0.730. The van der Waals surface area contributed by atoms with Crippen molar-refractivity contribution in [1.82, 2.24) is 5.32 Å². The summed E-state index contributed by atoms with van der Waals surface area (Å²) in [5, 5.41) is 2.97. The summed E-state index contributed by atoms with van der Waals surface area (Å²) in [6.45, 7) is 8.21. The van der Waals surface area contributed by atoms with Gasteiger partial charge in [-0.2, -0.15) is 0 Å². The van der Waals surface area contributed by atoms with Crippen molar-refractivity contribution in [3.63, 3.8) is 0 Å². The van der Waals surface area contributed by atoms with Crippen LogP contribution in [0.2, 0.25) is 0 Å². The smallest absolute Gasteiger partial charge is 0.188 e. The van der Waals surface area contributed by atoms with Crippen molar-refractivity contribution >= 4 is 5.96 Å². The van der Waals surface area contributed by atoms with Crippen LogP contribution in [-0.2, 0) is 0 Å². The number of rotatable bonds is 6. The van der Waals surface area contributed by atoms with Crippen molar-refractivity contribution in [3.8, 4) is 0 Å². The molecule has 0 aromatic heterocycles. The maximum Gasteiger partial charge on any atom is 0.188 e. The van der Waals surface area contributed by atoms with E-state index < -0.39 is 0 Å². The highest BCUT2D eigenvalue weighted by atomic mass is 15.1. The fraction of sp³-hybridized carbons (Fsp3) is 0.900. The van der Waals surface area contributed by atoms with Crippen molar-refractivity contribution in [2.24, 2.45) is 16.6 Å². The molecule has 0 rings (SSSR count). The zero-order valence-corrected chi connectivity index (χ0v) is 9.14. The molecule has 0 aliphatic rings. The van der Waals surface area contributed by atoms with Crippen LogP contribution in [0.5, 0.6) is 0 Å². The highest BCUT2D eigenvalue weighted by Gasteiger charge is 1.93. The van der Waals surface area contributed by atoms with Gasteiger partial charge < -0.3 is 11.1 Å².